The lowest BCUT2D eigenvalue weighted by Gasteiger charge is -2.07. The SMILES string of the molecule is O=Cc1cccn1CCC(=O)NCC(=O)NCC(=O)O. The average molecular weight is 281 g/mol. The maximum atomic E-state index is 11.5. The first kappa shape index (κ1) is 15.4. The second kappa shape index (κ2) is 7.72. The van der Waals surface area contributed by atoms with Crippen molar-refractivity contribution < 1.29 is 24.3 Å². The van der Waals surface area contributed by atoms with Crippen LogP contribution in [0.3, 0.4) is 0 Å². The predicted octanol–water partition coefficient (Wildman–Crippen LogP) is -0.992. The Labute approximate surface area is 114 Å². The van der Waals surface area contributed by atoms with Crippen molar-refractivity contribution in [2.24, 2.45) is 0 Å². The van der Waals surface area contributed by atoms with Crippen LogP contribution in [0.4, 0.5) is 0 Å². The number of aliphatic carboxylic acids is 1. The molecule has 0 aromatic carbocycles. The third kappa shape index (κ3) is 5.34. The molecule has 0 bridgehead atoms. The molecule has 1 heterocycles. The quantitative estimate of drug-likeness (QED) is 0.529. The van der Waals surface area contributed by atoms with Gasteiger partial charge in [0.25, 0.3) is 0 Å². The van der Waals surface area contributed by atoms with Crippen molar-refractivity contribution >= 4 is 24.1 Å². The summed E-state index contributed by atoms with van der Waals surface area (Å²) < 4.78 is 1.62. The lowest BCUT2D eigenvalue weighted by Crippen LogP contribution is -2.39. The number of carboxylic acid groups (broad SMARTS) is 1. The molecule has 0 radical (unpaired) electrons. The summed E-state index contributed by atoms with van der Waals surface area (Å²) in [6.45, 7) is -0.442. The van der Waals surface area contributed by atoms with Gasteiger partial charge in [-0.05, 0) is 12.1 Å². The van der Waals surface area contributed by atoms with Crippen molar-refractivity contribution in [3.8, 4) is 0 Å². The van der Waals surface area contributed by atoms with Crippen LogP contribution in [-0.4, -0.2) is 46.8 Å². The molecule has 0 aliphatic heterocycles. The number of aromatic nitrogens is 1. The maximum absolute atomic E-state index is 11.5. The van der Waals surface area contributed by atoms with Crippen molar-refractivity contribution in [1.82, 2.24) is 15.2 Å². The van der Waals surface area contributed by atoms with Gasteiger partial charge in [0, 0.05) is 19.2 Å². The Bertz CT molecular complexity index is 509. The number of hydrogen-bond donors (Lipinski definition) is 3. The maximum Gasteiger partial charge on any atom is 0.322 e. The second-order valence-electron chi connectivity index (χ2n) is 3.94. The van der Waals surface area contributed by atoms with E-state index in [9.17, 15) is 19.2 Å². The van der Waals surface area contributed by atoms with Gasteiger partial charge in [0.1, 0.15) is 6.54 Å². The number of hydrogen-bond acceptors (Lipinski definition) is 4. The topological polar surface area (TPSA) is 118 Å². The highest BCUT2D eigenvalue weighted by Crippen LogP contribution is 2.00. The van der Waals surface area contributed by atoms with E-state index in [4.69, 9.17) is 5.11 Å². The van der Waals surface area contributed by atoms with Crippen LogP contribution >= 0.6 is 0 Å². The number of aldehydes is 1. The third-order valence-corrected chi connectivity index (χ3v) is 2.45. The van der Waals surface area contributed by atoms with Crippen molar-refractivity contribution in [2.45, 2.75) is 13.0 Å². The lowest BCUT2D eigenvalue weighted by molar-refractivity contribution is -0.137. The Morgan fingerprint density at radius 1 is 1.20 bits per heavy atom. The molecule has 0 aliphatic carbocycles. The van der Waals surface area contributed by atoms with Gasteiger partial charge in [-0.25, -0.2) is 0 Å². The third-order valence-electron chi connectivity index (χ3n) is 2.45. The summed E-state index contributed by atoms with van der Waals surface area (Å²) in [4.78, 5) is 43.5. The molecule has 1 aromatic heterocycles. The van der Waals surface area contributed by atoms with E-state index in [0.717, 1.165) is 0 Å². The molecule has 1 rings (SSSR count). The minimum Gasteiger partial charge on any atom is -0.480 e. The second-order valence-corrected chi connectivity index (χ2v) is 3.94. The summed E-state index contributed by atoms with van der Waals surface area (Å²) in [5, 5.41) is 12.8. The molecule has 0 saturated carbocycles. The molecule has 0 unspecified atom stereocenters. The normalized spacial score (nSPS) is 9.80. The van der Waals surface area contributed by atoms with Crippen LogP contribution in [0.5, 0.6) is 0 Å². The Balaban J connectivity index is 2.25. The number of carboxylic acids is 1. The number of rotatable bonds is 8. The molecule has 0 fully saturated rings. The summed E-state index contributed by atoms with van der Waals surface area (Å²) in [6, 6.07) is 3.32. The molecule has 8 nitrogen and oxygen atoms in total. The summed E-state index contributed by atoms with van der Waals surface area (Å²) in [7, 11) is 0. The molecule has 0 saturated heterocycles. The van der Waals surface area contributed by atoms with E-state index in [1.165, 1.54) is 0 Å². The highest BCUT2D eigenvalue weighted by Gasteiger charge is 2.07. The van der Waals surface area contributed by atoms with Crippen LogP contribution in [0.25, 0.3) is 0 Å². The predicted molar refractivity (Wildman–Crippen MR) is 68.1 cm³/mol. The van der Waals surface area contributed by atoms with Crippen LogP contribution in [-0.2, 0) is 20.9 Å². The van der Waals surface area contributed by atoms with Gasteiger partial charge in [-0.3, -0.25) is 19.2 Å². The standard InChI is InChI=1S/C12H15N3O5/c16-8-9-2-1-4-15(9)5-3-10(17)13-6-11(18)14-7-12(19)20/h1-2,4,8H,3,5-7H2,(H,13,17)(H,14,18)(H,19,20). The van der Waals surface area contributed by atoms with Gasteiger partial charge in [0.15, 0.2) is 6.29 Å². The van der Waals surface area contributed by atoms with E-state index in [1.807, 2.05) is 0 Å². The lowest BCUT2D eigenvalue weighted by atomic mass is 10.3. The van der Waals surface area contributed by atoms with Gasteiger partial charge >= 0.3 is 5.97 Å². The first-order valence-electron chi connectivity index (χ1n) is 5.88. The summed E-state index contributed by atoms with van der Waals surface area (Å²) in [6.07, 6.45) is 2.48. The summed E-state index contributed by atoms with van der Waals surface area (Å²) in [5.41, 5.74) is 0.469. The van der Waals surface area contributed by atoms with Crippen LogP contribution < -0.4 is 10.6 Å². The smallest absolute Gasteiger partial charge is 0.322 e. The zero-order chi connectivity index (χ0) is 15.0. The minimum atomic E-state index is -1.15. The number of aryl methyl sites for hydroxylation is 1. The van der Waals surface area contributed by atoms with Crippen LogP contribution in [0.1, 0.15) is 16.9 Å². The molecular formula is C12H15N3O5. The molecule has 0 aliphatic rings. The van der Waals surface area contributed by atoms with Gasteiger partial charge in [0.05, 0.1) is 12.2 Å². The zero-order valence-corrected chi connectivity index (χ0v) is 10.7. The Hall–Kier alpha value is -2.64. The number of carbonyl (C=O) groups is 4. The summed E-state index contributed by atoms with van der Waals surface area (Å²) in [5.74, 6) is -2.09. The average Bonchev–Trinajstić information content (AvgIpc) is 2.87. The Morgan fingerprint density at radius 2 is 1.90 bits per heavy atom. The number of nitrogens with one attached hydrogen (secondary N) is 2. The van der Waals surface area contributed by atoms with E-state index >= 15 is 0 Å². The number of amides is 2. The van der Waals surface area contributed by atoms with E-state index in [2.05, 4.69) is 10.6 Å². The van der Waals surface area contributed by atoms with Crippen LogP contribution in [0.2, 0.25) is 0 Å². The van der Waals surface area contributed by atoms with E-state index in [-0.39, 0.29) is 18.9 Å². The molecule has 2 amide bonds. The largest absolute Gasteiger partial charge is 0.480 e. The molecule has 108 valence electrons. The molecule has 0 atom stereocenters. The van der Waals surface area contributed by atoms with Gasteiger partial charge in [0.2, 0.25) is 11.8 Å². The molecule has 1 aromatic rings. The minimum absolute atomic E-state index is 0.113. The Morgan fingerprint density at radius 3 is 2.55 bits per heavy atom. The highest BCUT2D eigenvalue weighted by atomic mass is 16.4. The fraction of sp³-hybridized carbons (Fsp3) is 0.333. The number of carbonyl (C=O) groups excluding carboxylic acids is 3. The fourth-order valence-electron chi connectivity index (χ4n) is 1.46. The van der Waals surface area contributed by atoms with Gasteiger partial charge in [-0.2, -0.15) is 0 Å². The molecule has 20 heavy (non-hydrogen) atoms. The van der Waals surface area contributed by atoms with E-state index < -0.39 is 18.4 Å². The molecule has 3 N–H and O–H groups in total. The van der Waals surface area contributed by atoms with Crippen molar-refractivity contribution in [3.05, 3.63) is 24.0 Å². The van der Waals surface area contributed by atoms with Crippen molar-refractivity contribution in [2.75, 3.05) is 13.1 Å². The van der Waals surface area contributed by atoms with Crippen LogP contribution in [0, 0.1) is 0 Å². The van der Waals surface area contributed by atoms with Gasteiger partial charge in [-0.15, -0.1) is 0 Å². The fourth-order valence-corrected chi connectivity index (χ4v) is 1.46. The zero-order valence-electron chi connectivity index (χ0n) is 10.7. The van der Waals surface area contributed by atoms with Gasteiger partial charge in [-0.1, -0.05) is 0 Å². The summed E-state index contributed by atoms with van der Waals surface area (Å²) >= 11 is 0. The first-order valence-corrected chi connectivity index (χ1v) is 5.88. The van der Waals surface area contributed by atoms with Crippen LogP contribution in [0.15, 0.2) is 18.3 Å². The molecule has 0 spiro atoms. The van der Waals surface area contributed by atoms with Gasteiger partial charge < -0.3 is 20.3 Å². The Kier molecular flexibility index (Phi) is 5.95. The van der Waals surface area contributed by atoms with E-state index in [1.54, 1.807) is 22.9 Å². The monoisotopic (exact) mass is 281 g/mol. The molecular weight excluding hydrogens is 266 g/mol. The number of nitrogens with zero attached hydrogens (tertiary/aromatic N) is 1. The highest BCUT2D eigenvalue weighted by molar-refractivity contribution is 5.86. The molecule has 8 heteroatoms. The van der Waals surface area contributed by atoms with Crippen molar-refractivity contribution in [3.63, 3.8) is 0 Å². The first-order chi connectivity index (χ1) is 9.52. The van der Waals surface area contributed by atoms with E-state index in [0.29, 0.717) is 18.5 Å². The van der Waals surface area contributed by atoms with Crippen molar-refractivity contribution in [1.29, 1.82) is 0 Å².